The van der Waals surface area contributed by atoms with Crippen molar-refractivity contribution in [1.29, 1.82) is 0 Å². The van der Waals surface area contributed by atoms with E-state index < -0.39 is 0 Å². The van der Waals surface area contributed by atoms with E-state index in [1.54, 1.807) is 24.3 Å². The molecule has 1 amide bonds. The third kappa shape index (κ3) is 2.80. The molecule has 2 heterocycles. The van der Waals surface area contributed by atoms with E-state index in [2.05, 4.69) is 17.4 Å². The molecule has 5 nitrogen and oxygen atoms in total. The van der Waals surface area contributed by atoms with Crippen LogP contribution < -0.4 is 5.43 Å². The highest BCUT2D eigenvalue weighted by Gasteiger charge is 2.18. The molecule has 1 saturated heterocycles. The number of fused-ring (bicyclic) bond motifs is 1. The number of amides is 1. The van der Waals surface area contributed by atoms with Crippen LogP contribution in [0.1, 0.15) is 10.6 Å². The maximum Gasteiger partial charge on any atom is 0.301 e. The number of furan rings is 1. The Kier molecular flexibility index (Phi) is 3.65. The average molecular weight is 294 g/mol. The Bertz CT molecular complexity index is 632. The molecule has 1 aliphatic heterocycles. The third-order valence-corrected chi connectivity index (χ3v) is 3.70. The van der Waals surface area contributed by atoms with Crippen molar-refractivity contribution in [2.24, 2.45) is 0 Å². The Hall–Kier alpha value is -1.56. The Morgan fingerprint density at radius 1 is 1.25 bits per heavy atom. The first-order valence-corrected chi connectivity index (χ1v) is 6.93. The molecule has 0 atom stereocenters. The van der Waals surface area contributed by atoms with Gasteiger partial charge in [0, 0.05) is 36.6 Å². The van der Waals surface area contributed by atoms with Gasteiger partial charge in [0.25, 0.3) is 0 Å². The van der Waals surface area contributed by atoms with Crippen LogP contribution in [0.25, 0.3) is 11.0 Å². The molecule has 6 heteroatoms. The molecule has 2 aromatic rings. The van der Waals surface area contributed by atoms with Crippen molar-refractivity contribution < 1.29 is 9.21 Å². The van der Waals surface area contributed by atoms with E-state index >= 15 is 0 Å². The summed E-state index contributed by atoms with van der Waals surface area (Å²) in [7, 11) is 2.07. The lowest BCUT2D eigenvalue weighted by molar-refractivity contribution is 0.0639. The minimum absolute atomic E-state index is 0.220. The molecule has 1 fully saturated rings. The van der Waals surface area contributed by atoms with Gasteiger partial charge in [-0.15, -0.1) is 0 Å². The highest BCUT2D eigenvalue weighted by atomic mass is 35.5. The minimum Gasteiger partial charge on any atom is -0.451 e. The van der Waals surface area contributed by atoms with Crippen LogP contribution >= 0.6 is 11.6 Å². The number of hydrogen-bond donors (Lipinski definition) is 1. The fourth-order valence-electron chi connectivity index (χ4n) is 2.24. The smallest absolute Gasteiger partial charge is 0.301 e. The maximum absolute atomic E-state index is 12.2. The number of benzene rings is 1. The van der Waals surface area contributed by atoms with Gasteiger partial charge in [-0.2, -0.15) is 0 Å². The van der Waals surface area contributed by atoms with Crippen molar-refractivity contribution in [3.63, 3.8) is 0 Å². The van der Waals surface area contributed by atoms with Crippen LogP contribution in [0, 0.1) is 0 Å². The maximum atomic E-state index is 12.2. The molecule has 0 saturated carbocycles. The lowest BCUT2D eigenvalue weighted by Crippen LogP contribution is -2.52. The summed E-state index contributed by atoms with van der Waals surface area (Å²) >= 11 is 5.92. The second kappa shape index (κ2) is 5.44. The molecular formula is C14H16ClN3O2. The van der Waals surface area contributed by atoms with Crippen LogP contribution in [0.15, 0.2) is 28.7 Å². The number of piperazine rings is 1. The zero-order valence-corrected chi connectivity index (χ0v) is 12.0. The molecule has 1 aliphatic rings. The van der Waals surface area contributed by atoms with Crippen molar-refractivity contribution in [1.82, 2.24) is 15.3 Å². The van der Waals surface area contributed by atoms with Crippen LogP contribution in [0.4, 0.5) is 0 Å². The first kappa shape index (κ1) is 13.4. The number of halogens is 1. The molecule has 0 bridgehead atoms. The van der Waals surface area contributed by atoms with E-state index in [-0.39, 0.29) is 5.91 Å². The molecule has 0 spiro atoms. The molecule has 106 valence electrons. The fraction of sp³-hybridized carbons (Fsp3) is 0.357. The lowest BCUT2D eigenvalue weighted by atomic mass is 10.2. The number of nitrogens with one attached hydrogen (secondary N) is 1. The largest absolute Gasteiger partial charge is 0.451 e. The van der Waals surface area contributed by atoms with Crippen LogP contribution in [0.2, 0.25) is 5.02 Å². The van der Waals surface area contributed by atoms with Crippen molar-refractivity contribution in [2.75, 3.05) is 33.2 Å². The summed E-state index contributed by atoms with van der Waals surface area (Å²) in [5.41, 5.74) is 3.54. The van der Waals surface area contributed by atoms with Crippen molar-refractivity contribution in [3.8, 4) is 0 Å². The molecule has 1 aromatic carbocycles. The van der Waals surface area contributed by atoms with Crippen molar-refractivity contribution in [2.45, 2.75) is 0 Å². The predicted octanol–water partition coefficient (Wildman–Crippen LogP) is 1.98. The quantitative estimate of drug-likeness (QED) is 0.920. The number of carbonyl (C=O) groups is 1. The summed E-state index contributed by atoms with van der Waals surface area (Å²) in [5.74, 6) is 0.0862. The van der Waals surface area contributed by atoms with E-state index in [4.69, 9.17) is 16.0 Å². The minimum atomic E-state index is -0.220. The van der Waals surface area contributed by atoms with Gasteiger partial charge in [-0.1, -0.05) is 11.6 Å². The van der Waals surface area contributed by atoms with Crippen LogP contribution in [-0.4, -0.2) is 49.0 Å². The first-order chi connectivity index (χ1) is 9.61. The van der Waals surface area contributed by atoms with Crippen molar-refractivity contribution >= 4 is 28.5 Å². The summed E-state index contributed by atoms with van der Waals surface area (Å²) in [4.78, 5) is 14.4. The highest BCUT2D eigenvalue weighted by Crippen LogP contribution is 2.23. The first-order valence-electron chi connectivity index (χ1n) is 6.55. The summed E-state index contributed by atoms with van der Waals surface area (Å²) in [5, 5.41) is 3.38. The zero-order chi connectivity index (χ0) is 14.1. The standard InChI is InChI=1S/C14H16ClN3O2/c1-17-4-6-18(7-5-17)16-14(19)13-9-10-8-11(15)2-3-12(10)20-13/h2-3,8-9H,4-7H2,1H3,(H,16,19). The molecule has 3 rings (SSSR count). The van der Waals surface area contributed by atoms with Gasteiger partial charge in [0.2, 0.25) is 0 Å². The van der Waals surface area contributed by atoms with Gasteiger partial charge in [0.05, 0.1) is 0 Å². The Morgan fingerprint density at radius 2 is 2.00 bits per heavy atom. The SMILES string of the molecule is CN1CCN(NC(=O)c2cc3cc(Cl)ccc3o2)CC1. The number of rotatable bonds is 2. The number of carbonyl (C=O) groups excluding carboxylic acids is 1. The molecule has 0 radical (unpaired) electrons. The average Bonchev–Trinajstić information content (AvgIpc) is 2.84. The van der Waals surface area contributed by atoms with E-state index in [1.807, 2.05) is 5.01 Å². The normalized spacial score (nSPS) is 17.5. The monoisotopic (exact) mass is 293 g/mol. The highest BCUT2D eigenvalue weighted by molar-refractivity contribution is 6.31. The van der Waals surface area contributed by atoms with Gasteiger partial charge in [-0.3, -0.25) is 10.2 Å². The van der Waals surface area contributed by atoms with Gasteiger partial charge in [0.1, 0.15) is 5.58 Å². The van der Waals surface area contributed by atoms with Gasteiger partial charge in [-0.25, -0.2) is 5.01 Å². The van der Waals surface area contributed by atoms with E-state index in [1.165, 1.54) is 0 Å². The number of likely N-dealkylation sites (N-methyl/N-ethyl adjacent to an activating group) is 1. The van der Waals surface area contributed by atoms with Gasteiger partial charge in [0.15, 0.2) is 5.76 Å². The number of hydrogen-bond acceptors (Lipinski definition) is 4. The molecule has 20 heavy (non-hydrogen) atoms. The molecule has 0 unspecified atom stereocenters. The number of hydrazine groups is 1. The fourth-order valence-corrected chi connectivity index (χ4v) is 2.42. The van der Waals surface area contributed by atoms with Crippen LogP contribution in [-0.2, 0) is 0 Å². The summed E-state index contributed by atoms with van der Waals surface area (Å²) in [6.07, 6.45) is 0. The topological polar surface area (TPSA) is 48.7 Å². The Morgan fingerprint density at radius 3 is 2.75 bits per heavy atom. The Labute approximate surface area is 122 Å². The molecule has 1 N–H and O–H groups in total. The Balaban J connectivity index is 1.72. The van der Waals surface area contributed by atoms with E-state index in [9.17, 15) is 4.79 Å². The third-order valence-electron chi connectivity index (χ3n) is 3.47. The summed E-state index contributed by atoms with van der Waals surface area (Å²) in [6.45, 7) is 3.51. The molecule has 1 aromatic heterocycles. The van der Waals surface area contributed by atoms with Crippen LogP contribution in [0.5, 0.6) is 0 Å². The molecular weight excluding hydrogens is 278 g/mol. The number of nitrogens with zero attached hydrogens (tertiary/aromatic N) is 2. The van der Waals surface area contributed by atoms with Gasteiger partial charge in [-0.05, 0) is 31.3 Å². The second-order valence-corrected chi connectivity index (χ2v) is 5.46. The predicted molar refractivity (Wildman–Crippen MR) is 77.8 cm³/mol. The van der Waals surface area contributed by atoms with E-state index in [0.717, 1.165) is 31.6 Å². The van der Waals surface area contributed by atoms with Gasteiger partial charge < -0.3 is 9.32 Å². The summed E-state index contributed by atoms with van der Waals surface area (Å²) < 4.78 is 5.54. The zero-order valence-electron chi connectivity index (χ0n) is 11.2. The second-order valence-electron chi connectivity index (χ2n) is 5.02. The lowest BCUT2D eigenvalue weighted by Gasteiger charge is -2.32. The van der Waals surface area contributed by atoms with Gasteiger partial charge >= 0.3 is 5.91 Å². The van der Waals surface area contributed by atoms with Crippen molar-refractivity contribution in [3.05, 3.63) is 35.0 Å². The summed E-state index contributed by atoms with van der Waals surface area (Å²) in [6, 6.07) is 7.01. The van der Waals surface area contributed by atoms with Crippen LogP contribution in [0.3, 0.4) is 0 Å². The molecule has 0 aliphatic carbocycles. The van der Waals surface area contributed by atoms with E-state index in [0.29, 0.717) is 16.4 Å².